The average molecular weight is 460 g/mol. The molecule has 0 saturated heterocycles. The minimum absolute atomic E-state index is 0.272. The molecule has 0 fully saturated rings. The first-order valence-electron chi connectivity index (χ1n) is 9.83. The summed E-state index contributed by atoms with van der Waals surface area (Å²) in [5, 5.41) is 12.6. The van der Waals surface area contributed by atoms with Gasteiger partial charge < -0.3 is 4.74 Å². The van der Waals surface area contributed by atoms with Gasteiger partial charge in [-0.1, -0.05) is 23.7 Å². The molecule has 8 nitrogen and oxygen atoms in total. The fraction of sp³-hybridized carbons (Fsp3) is 0.0417. The summed E-state index contributed by atoms with van der Waals surface area (Å²) in [5.41, 5.74) is 2.64. The van der Waals surface area contributed by atoms with E-state index in [9.17, 15) is 9.59 Å². The maximum absolute atomic E-state index is 13.2. The van der Waals surface area contributed by atoms with Crippen molar-refractivity contribution in [2.45, 2.75) is 0 Å². The van der Waals surface area contributed by atoms with Crippen molar-refractivity contribution in [3.8, 4) is 17.0 Å². The Labute approximate surface area is 194 Å². The highest BCUT2D eigenvalue weighted by Crippen LogP contribution is 2.22. The van der Waals surface area contributed by atoms with E-state index in [2.05, 4.69) is 20.3 Å². The highest BCUT2D eigenvalue weighted by molar-refractivity contribution is 6.30. The molecule has 0 unspecified atom stereocenters. The van der Waals surface area contributed by atoms with Crippen molar-refractivity contribution < 1.29 is 14.3 Å². The zero-order valence-electron chi connectivity index (χ0n) is 17.5. The van der Waals surface area contributed by atoms with Crippen LogP contribution in [0.5, 0.6) is 5.75 Å². The molecule has 0 bridgehead atoms. The van der Waals surface area contributed by atoms with Crippen LogP contribution in [-0.4, -0.2) is 45.3 Å². The highest BCUT2D eigenvalue weighted by Gasteiger charge is 2.24. The molecule has 2 heterocycles. The molecule has 33 heavy (non-hydrogen) atoms. The number of methoxy groups -OCH3 is 1. The van der Waals surface area contributed by atoms with E-state index in [4.69, 9.17) is 16.3 Å². The van der Waals surface area contributed by atoms with E-state index in [1.54, 1.807) is 42.6 Å². The summed E-state index contributed by atoms with van der Waals surface area (Å²) in [6, 6.07) is 16.6. The van der Waals surface area contributed by atoms with Gasteiger partial charge in [0.15, 0.2) is 0 Å². The lowest BCUT2D eigenvalue weighted by Gasteiger charge is -2.15. The maximum atomic E-state index is 13.2. The SMILES string of the molecule is COc1ccc(C(=O)N(/N=C/c2cn[nH]c2-c2ccc(Cl)cc2)C(=O)c2ccncc2)cc1. The molecular weight excluding hydrogens is 442 g/mol. The Morgan fingerprint density at radius 2 is 1.61 bits per heavy atom. The van der Waals surface area contributed by atoms with Crippen molar-refractivity contribution in [1.29, 1.82) is 0 Å². The van der Waals surface area contributed by atoms with E-state index in [0.29, 0.717) is 22.0 Å². The van der Waals surface area contributed by atoms with Crippen molar-refractivity contribution in [2.75, 3.05) is 7.11 Å². The van der Waals surface area contributed by atoms with Crippen LogP contribution >= 0.6 is 11.6 Å². The van der Waals surface area contributed by atoms with Gasteiger partial charge in [0.05, 0.1) is 25.2 Å². The van der Waals surface area contributed by atoms with Crippen LogP contribution < -0.4 is 4.74 Å². The number of H-pyrrole nitrogens is 1. The smallest absolute Gasteiger partial charge is 0.281 e. The van der Waals surface area contributed by atoms with Gasteiger partial charge in [0.2, 0.25) is 0 Å². The molecule has 4 aromatic rings. The van der Waals surface area contributed by atoms with Crippen LogP contribution in [-0.2, 0) is 0 Å². The van der Waals surface area contributed by atoms with Crippen molar-refractivity contribution in [3.05, 3.63) is 101 Å². The first-order chi connectivity index (χ1) is 16.1. The van der Waals surface area contributed by atoms with Gasteiger partial charge >= 0.3 is 0 Å². The number of hydrogen-bond donors (Lipinski definition) is 1. The van der Waals surface area contributed by atoms with E-state index in [-0.39, 0.29) is 11.1 Å². The van der Waals surface area contributed by atoms with Crippen LogP contribution in [0.1, 0.15) is 26.3 Å². The summed E-state index contributed by atoms with van der Waals surface area (Å²) in [5.74, 6) is -0.591. The summed E-state index contributed by atoms with van der Waals surface area (Å²) in [6.45, 7) is 0. The molecule has 0 spiro atoms. The number of imide groups is 1. The van der Waals surface area contributed by atoms with Gasteiger partial charge in [-0.2, -0.15) is 15.2 Å². The summed E-state index contributed by atoms with van der Waals surface area (Å²) in [7, 11) is 1.53. The van der Waals surface area contributed by atoms with Crippen LogP contribution in [0.25, 0.3) is 11.3 Å². The van der Waals surface area contributed by atoms with Gasteiger partial charge in [-0.25, -0.2) is 0 Å². The molecule has 9 heteroatoms. The Kier molecular flexibility index (Phi) is 6.56. The number of carbonyl (C=O) groups excluding carboxylic acids is 2. The molecule has 0 saturated carbocycles. The lowest BCUT2D eigenvalue weighted by atomic mass is 10.1. The predicted molar refractivity (Wildman–Crippen MR) is 124 cm³/mol. The molecule has 0 atom stereocenters. The highest BCUT2D eigenvalue weighted by atomic mass is 35.5. The molecule has 2 amide bonds. The summed E-state index contributed by atoms with van der Waals surface area (Å²) in [4.78, 5) is 30.3. The Bertz CT molecular complexity index is 1290. The lowest BCUT2D eigenvalue weighted by Crippen LogP contribution is -2.32. The predicted octanol–water partition coefficient (Wildman–Crippen LogP) is 4.45. The maximum Gasteiger partial charge on any atom is 0.281 e. The number of nitrogens with one attached hydrogen (secondary N) is 1. The quantitative estimate of drug-likeness (QED) is 0.261. The monoisotopic (exact) mass is 459 g/mol. The molecule has 2 aromatic carbocycles. The normalized spacial score (nSPS) is 10.8. The molecule has 0 radical (unpaired) electrons. The minimum Gasteiger partial charge on any atom is -0.497 e. The van der Waals surface area contributed by atoms with Crippen molar-refractivity contribution in [2.24, 2.45) is 5.10 Å². The van der Waals surface area contributed by atoms with E-state index < -0.39 is 11.8 Å². The second kappa shape index (κ2) is 9.88. The van der Waals surface area contributed by atoms with Crippen LogP contribution in [0.4, 0.5) is 0 Å². The third kappa shape index (κ3) is 4.97. The number of hydrogen-bond acceptors (Lipinski definition) is 6. The first kappa shape index (κ1) is 21.9. The van der Waals surface area contributed by atoms with Crippen LogP contribution in [0, 0.1) is 0 Å². The zero-order valence-corrected chi connectivity index (χ0v) is 18.2. The minimum atomic E-state index is -0.592. The number of aromatic nitrogens is 3. The number of rotatable bonds is 6. The van der Waals surface area contributed by atoms with Gasteiger partial charge in [0, 0.05) is 39.7 Å². The molecule has 164 valence electrons. The number of halogens is 1. The van der Waals surface area contributed by atoms with Crippen molar-refractivity contribution in [1.82, 2.24) is 20.2 Å². The number of hydrazone groups is 1. The Balaban J connectivity index is 1.69. The molecule has 1 N–H and O–H groups in total. The second-order valence-electron chi connectivity index (χ2n) is 6.84. The molecule has 4 rings (SSSR count). The van der Waals surface area contributed by atoms with E-state index in [1.165, 1.54) is 37.9 Å². The van der Waals surface area contributed by atoms with Gasteiger partial charge in [0.25, 0.3) is 11.8 Å². The van der Waals surface area contributed by atoms with E-state index in [1.807, 2.05) is 12.1 Å². The third-order valence-electron chi connectivity index (χ3n) is 4.76. The molecule has 0 aliphatic heterocycles. The molecule has 2 aromatic heterocycles. The second-order valence-corrected chi connectivity index (χ2v) is 7.27. The van der Waals surface area contributed by atoms with Crippen LogP contribution in [0.2, 0.25) is 5.02 Å². The number of benzene rings is 2. The third-order valence-corrected chi connectivity index (χ3v) is 5.01. The first-order valence-corrected chi connectivity index (χ1v) is 10.2. The van der Waals surface area contributed by atoms with Crippen LogP contribution in [0.15, 0.2) is 84.4 Å². The number of amides is 2. The Morgan fingerprint density at radius 1 is 0.970 bits per heavy atom. The summed E-state index contributed by atoms with van der Waals surface area (Å²) in [6.07, 6.45) is 5.91. The van der Waals surface area contributed by atoms with Gasteiger partial charge in [-0.05, 0) is 48.5 Å². The summed E-state index contributed by atoms with van der Waals surface area (Å²) >= 11 is 5.97. The Hall–Kier alpha value is -4.30. The van der Waals surface area contributed by atoms with Crippen molar-refractivity contribution in [3.63, 3.8) is 0 Å². The average Bonchev–Trinajstić information content (AvgIpc) is 3.33. The summed E-state index contributed by atoms with van der Waals surface area (Å²) < 4.78 is 5.14. The topological polar surface area (TPSA) is 101 Å². The number of carbonyl (C=O) groups is 2. The van der Waals surface area contributed by atoms with E-state index >= 15 is 0 Å². The number of pyridine rings is 1. The van der Waals surface area contributed by atoms with Gasteiger partial charge in [0.1, 0.15) is 5.75 Å². The van der Waals surface area contributed by atoms with Gasteiger partial charge in [-0.15, -0.1) is 0 Å². The van der Waals surface area contributed by atoms with Crippen LogP contribution in [0.3, 0.4) is 0 Å². The lowest BCUT2D eigenvalue weighted by molar-refractivity contribution is 0.0621. The van der Waals surface area contributed by atoms with Gasteiger partial charge in [-0.3, -0.25) is 19.7 Å². The molecule has 0 aliphatic carbocycles. The molecular formula is C24H18ClN5O3. The zero-order chi connectivity index (χ0) is 23.2. The van der Waals surface area contributed by atoms with Crippen molar-refractivity contribution >= 4 is 29.6 Å². The largest absolute Gasteiger partial charge is 0.497 e. The van der Waals surface area contributed by atoms with E-state index in [0.717, 1.165) is 10.6 Å². The standard InChI is InChI=1S/C24H18ClN5O3/c1-33-21-8-4-17(5-9-21)23(31)30(24(32)18-10-12-26-13-11-18)28-15-19-14-27-29-22(19)16-2-6-20(25)7-3-16/h2-15H,1H3,(H,27,29)/b28-15+. The number of aromatic amines is 1. The number of nitrogens with zero attached hydrogens (tertiary/aromatic N) is 4. The fourth-order valence-electron chi connectivity index (χ4n) is 3.03. The number of ether oxygens (including phenoxy) is 1. The molecule has 0 aliphatic rings. The Morgan fingerprint density at radius 3 is 2.24 bits per heavy atom. The fourth-order valence-corrected chi connectivity index (χ4v) is 3.16.